The Labute approximate surface area is 121 Å². The van der Waals surface area contributed by atoms with Crippen molar-refractivity contribution in [2.45, 2.75) is 31.6 Å². The minimum Gasteiger partial charge on any atom is -0.378 e. The number of rotatable bonds is 2. The maximum atomic E-state index is 12.7. The molecule has 3 rings (SSSR count). The van der Waals surface area contributed by atoms with E-state index in [0.717, 1.165) is 25.7 Å². The quantitative estimate of drug-likeness (QED) is 0.821. The van der Waals surface area contributed by atoms with Gasteiger partial charge in [0.25, 0.3) is 5.56 Å². The molecule has 0 bridgehead atoms. The average Bonchev–Trinajstić information content (AvgIpc) is 2.93. The molecule has 0 unspecified atom stereocenters. The number of aromatic amines is 1. The van der Waals surface area contributed by atoms with E-state index in [0.29, 0.717) is 31.9 Å². The number of hydrogen-bond acceptors (Lipinski definition) is 4. The number of H-pyrrole nitrogens is 1. The molecular formula is C13H18ClN3O3. The van der Waals surface area contributed by atoms with Crippen molar-refractivity contribution in [1.29, 1.82) is 0 Å². The van der Waals surface area contributed by atoms with Crippen LogP contribution in [-0.4, -0.2) is 36.0 Å². The number of nitrogens with one attached hydrogen (secondary N) is 1. The number of nitrogens with zero attached hydrogens (tertiary/aromatic N) is 2. The minimum absolute atomic E-state index is 0.166. The van der Waals surface area contributed by atoms with Crippen LogP contribution in [-0.2, 0) is 4.74 Å². The first-order chi connectivity index (χ1) is 9.68. The molecule has 20 heavy (non-hydrogen) atoms. The lowest BCUT2D eigenvalue weighted by molar-refractivity contribution is 0.110. The van der Waals surface area contributed by atoms with Crippen molar-refractivity contribution < 1.29 is 4.74 Å². The fourth-order valence-corrected chi connectivity index (χ4v) is 3.41. The predicted octanol–water partition coefficient (Wildman–Crippen LogP) is 0.816. The van der Waals surface area contributed by atoms with Crippen molar-refractivity contribution >= 4 is 11.6 Å². The van der Waals surface area contributed by atoms with Crippen molar-refractivity contribution in [3.63, 3.8) is 0 Å². The van der Waals surface area contributed by atoms with Crippen molar-refractivity contribution in [2.75, 3.05) is 31.3 Å². The highest BCUT2D eigenvalue weighted by Gasteiger charge is 2.26. The normalized spacial score (nSPS) is 20.6. The molecule has 0 aromatic carbocycles. The van der Waals surface area contributed by atoms with Crippen LogP contribution in [0.25, 0.3) is 0 Å². The van der Waals surface area contributed by atoms with Crippen LogP contribution in [0.5, 0.6) is 0 Å². The molecule has 2 fully saturated rings. The van der Waals surface area contributed by atoms with Crippen molar-refractivity contribution in [2.24, 2.45) is 0 Å². The SMILES string of the molecule is O=c1[nH]c(Cl)c(C2CCCC2)c(=O)n1N1CCOCC1. The van der Waals surface area contributed by atoms with Gasteiger partial charge in [0, 0.05) is 0 Å². The topological polar surface area (TPSA) is 67.3 Å². The minimum atomic E-state index is -0.469. The summed E-state index contributed by atoms with van der Waals surface area (Å²) in [6.07, 6.45) is 4.14. The van der Waals surface area contributed by atoms with E-state index in [4.69, 9.17) is 16.3 Å². The number of aromatic nitrogens is 2. The van der Waals surface area contributed by atoms with Gasteiger partial charge in [-0.2, -0.15) is 4.68 Å². The molecule has 2 heterocycles. The zero-order valence-corrected chi connectivity index (χ0v) is 12.0. The van der Waals surface area contributed by atoms with E-state index in [1.54, 1.807) is 5.01 Å². The highest BCUT2D eigenvalue weighted by molar-refractivity contribution is 6.30. The first-order valence-corrected chi connectivity index (χ1v) is 7.44. The summed E-state index contributed by atoms with van der Waals surface area (Å²) >= 11 is 6.11. The first-order valence-electron chi connectivity index (χ1n) is 7.06. The van der Waals surface area contributed by atoms with Gasteiger partial charge in [0.05, 0.1) is 31.9 Å². The van der Waals surface area contributed by atoms with Gasteiger partial charge in [-0.25, -0.2) is 4.79 Å². The van der Waals surface area contributed by atoms with E-state index in [-0.39, 0.29) is 16.6 Å². The molecule has 0 radical (unpaired) electrons. The van der Waals surface area contributed by atoms with Gasteiger partial charge in [-0.05, 0) is 18.8 Å². The molecule has 1 saturated heterocycles. The Balaban J connectivity index is 2.07. The van der Waals surface area contributed by atoms with Crippen molar-refractivity contribution in [3.05, 3.63) is 31.6 Å². The zero-order valence-electron chi connectivity index (χ0n) is 11.2. The number of halogens is 1. The van der Waals surface area contributed by atoms with E-state index >= 15 is 0 Å². The molecule has 0 atom stereocenters. The molecule has 1 aromatic rings. The Kier molecular flexibility index (Phi) is 3.85. The summed E-state index contributed by atoms with van der Waals surface area (Å²) in [5.74, 6) is 0.166. The van der Waals surface area contributed by atoms with Gasteiger partial charge < -0.3 is 9.75 Å². The Morgan fingerprint density at radius 1 is 1.15 bits per heavy atom. The number of ether oxygens (including phenoxy) is 1. The first kappa shape index (κ1) is 13.7. The van der Waals surface area contributed by atoms with Crippen LogP contribution in [0, 0.1) is 0 Å². The summed E-state index contributed by atoms with van der Waals surface area (Å²) in [6, 6.07) is 0. The fourth-order valence-electron chi connectivity index (χ4n) is 3.09. The van der Waals surface area contributed by atoms with Gasteiger partial charge in [0.1, 0.15) is 5.15 Å². The van der Waals surface area contributed by atoms with E-state index < -0.39 is 5.69 Å². The fraction of sp³-hybridized carbons (Fsp3) is 0.692. The molecule has 2 aliphatic rings. The van der Waals surface area contributed by atoms with Gasteiger partial charge in [-0.3, -0.25) is 9.78 Å². The molecule has 6 nitrogen and oxygen atoms in total. The van der Waals surface area contributed by atoms with Crippen LogP contribution in [0.2, 0.25) is 5.15 Å². The van der Waals surface area contributed by atoms with Gasteiger partial charge in [-0.1, -0.05) is 24.4 Å². The largest absolute Gasteiger partial charge is 0.378 e. The lowest BCUT2D eigenvalue weighted by Crippen LogP contribution is -2.55. The third-order valence-corrected chi connectivity index (χ3v) is 4.40. The second-order valence-corrected chi connectivity index (χ2v) is 5.70. The lowest BCUT2D eigenvalue weighted by atomic mass is 10.0. The van der Waals surface area contributed by atoms with Crippen LogP contribution in [0.15, 0.2) is 9.59 Å². The van der Waals surface area contributed by atoms with Crippen LogP contribution in [0.1, 0.15) is 37.2 Å². The highest BCUT2D eigenvalue weighted by Crippen LogP contribution is 2.34. The molecule has 110 valence electrons. The van der Waals surface area contributed by atoms with Crippen LogP contribution >= 0.6 is 11.6 Å². The van der Waals surface area contributed by atoms with E-state index in [9.17, 15) is 9.59 Å². The Bertz CT molecular complexity index is 598. The Morgan fingerprint density at radius 3 is 2.45 bits per heavy atom. The predicted molar refractivity (Wildman–Crippen MR) is 76.3 cm³/mol. The number of morpholine rings is 1. The third kappa shape index (κ3) is 2.38. The van der Waals surface area contributed by atoms with E-state index in [2.05, 4.69) is 4.98 Å². The summed E-state index contributed by atoms with van der Waals surface area (Å²) in [7, 11) is 0. The molecule has 1 N–H and O–H groups in total. The summed E-state index contributed by atoms with van der Waals surface area (Å²) in [6.45, 7) is 2.12. The van der Waals surface area contributed by atoms with Crippen molar-refractivity contribution in [1.82, 2.24) is 9.66 Å². The van der Waals surface area contributed by atoms with E-state index in [1.165, 1.54) is 4.68 Å². The highest BCUT2D eigenvalue weighted by atomic mass is 35.5. The Hall–Kier alpha value is -1.27. The molecule has 0 amide bonds. The summed E-state index contributed by atoms with van der Waals surface area (Å²) in [5.41, 5.74) is -0.175. The summed E-state index contributed by atoms with van der Waals surface area (Å²) < 4.78 is 6.46. The molecule has 1 aromatic heterocycles. The average molecular weight is 300 g/mol. The summed E-state index contributed by atoms with van der Waals surface area (Å²) in [4.78, 5) is 27.4. The van der Waals surface area contributed by atoms with Gasteiger partial charge in [-0.15, -0.1) is 0 Å². The molecule has 1 aliphatic carbocycles. The van der Waals surface area contributed by atoms with E-state index in [1.807, 2.05) is 0 Å². The number of hydrogen-bond donors (Lipinski definition) is 1. The van der Waals surface area contributed by atoms with Gasteiger partial charge in [0.2, 0.25) is 0 Å². The second kappa shape index (κ2) is 5.61. The molecule has 1 saturated carbocycles. The maximum absolute atomic E-state index is 12.7. The molecule has 1 aliphatic heterocycles. The standard InChI is InChI=1S/C13H18ClN3O3/c14-11-10(9-3-1-2-4-9)12(18)17(13(19)15-11)16-5-7-20-8-6-16/h9H,1-8H2,(H,15,19). The van der Waals surface area contributed by atoms with Crippen LogP contribution < -0.4 is 16.3 Å². The summed E-state index contributed by atoms with van der Waals surface area (Å²) in [5, 5.41) is 1.94. The van der Waals surface area contributed by atoms with Crippen molar-refractivity contribution in [3.8, 4) is 0 Å². The van der Waals surface area contributed by atoms with Crippen LogP contribution in [0.4, 0.5) is 0 Å². The lowest BCUT2D eigenvalue weighted by Gasteiger charge is -2.29. The molecule has 0 spiro atoms. The molecular weight excluding hydrogens is 282 g/mol. The monoisotopic (exact) mass is 299 g/mol. The third-order valence-electron chi connectivity index (χ3n) is 4.10. The van der Waals surface area contributed by atoms with Gasteiger partial charge in [0.15, 0.2) is 0 Å². The maximum Gasteiger partial charge on any atom is 0.348 e. The smallest absolute Gasteiger partial charge is 0.348 e. The van der Waals surface area contributed by atoms with Gasteiger partial charge >= 0.3 is 5.69 Å². The Morgan fingerprint density at radius 2 is 1.80 bits per heavy atom. The zero-order chi connectivity index (χ0) is 14.1. The van der Waals surface area contributed by atoms with Crippen LogP contribution in [0.3, 0.4) is 0 Å². The second-order valence-electron chi connectivity index (χ2n) is 5.32. The molecule has 7 heteroatoms.